The SMILES string of the molecule is COc1cc2c(cc1C(C)OC(=O)C(C)C)C=CC(C)(C)O2. The molecule has 1 aliphatic heterocycles. The molecule has 1 unspecified atom stereocenters. The molecular formula is C18H24O4. The number of hydrogen-bond acceptors (Lipinski definition) is 4. The van der Waals surface area contributed by atoms with E-state index in [0.717, 1.165) is 16.9 Å². The minimum atomic E-state index is -0.376. The van der Waals surface area contributed by atoms with Gasteiger partial charge in [0.25, 0.3) is 0 Å². The van der Waals surface area contributed by atoms with Gasteiger partial charge in [-0.15, -0.1) is 0 Å². The van der Waals surface area contributed by atoms with E-state index in [1.165, 1.54) is 0 Å². The van der Waals surface area contributed by atoms with Gasteiger partial charge in [0.15, 0.2) is 0 Å². The van der Waals surface area contributed by atoms with Gasteiger partial charge in [0.1, 0.15) is 23.2 Å². The first-order valence-electron chi connectivity index (χ1n) is 7.54. The summed E-state index contributed by atoms with van der Waals surface area (Å²) in [6, 6.07) is 3.81. The molecule has 4 heteroatoms. The Kier molecular flexibility index (Phi) is 4.50. The molecule has 120 valence electrons. The molecule has 22 heavy (non-hydrogen) atoms. The van der Waals surface area contributed by atoms with Gasteiger partial charge in [-0.05, 0) is 32.9 Å². The highest BCUT2D eigenvalue weighted by Gasteiger charge is 2.25. The highest BCUT2D eigenvalue weighted by atomic mass is 16.5. The number of methoxy groups -OCH3 is 1. The maximum atomic E-state index is 11.8. The number of carbonyl (C=O) groups excluding carboxylic acids is 1. The lowest BCUT2D eigenvalue weighted by molar-refractivity contribution is -0.152. The average molecular weight is 304 g/mol. The summed E-state index contributed by atoms with van der Waals surface area (Å²) in [5, 5.41) is 0. The quantitative estimate of drug-likeness (QED) is 0.784. The van der Waals surface area contributed by atoms with E-state index >= 15 is 0 Å². The summed E-state index contributed by atoms with van der Waals surface area (Å²) >= 11 is 0. The van der Waals surface area contributed by atoms with Gasteiger partial charge < -0.3 is 14.2 Å². The van der Waals surface area contributed by atoms with Crippen LogP contribution in [0.3, 0.4) is 0 Å². The molecule has 0 aromatic heterocycles. The fourth-order valence-electron chi connectivity index (χ4n) is 2.29. The van der Waals surface area contributed by atoms with Crippen molar-refractivity contribution in [1.29, 1.82) is 0 Å². The minimum Gasteiger partial charge on any atom is -0.496 e. The molecule has 0 spiro atoms. The molecule has 1 aromatic rings. The number of hydrogen-bond donors (Lipinski definition) is 0. The zero-order chi connectivity index (χ0) is 16.5. The second kappa shape index (κ2) is 6.03. The fourth-order valence-corrected chi connectivity index (χ4v) is 2.29. The van der Waals surface area contributed by atoms with E-state index in [9.17, 15) is 4.79 Å². The predicted molar refractivity (Wildman–Crippen MR) is 86.1 cm³/mol. The molecular weight excluding hydrogens is 280 g/mol. The van der Waals surface area contributed by atoms with Crippen LogP contribution in [0.1, 0.15) is 51.8 Å². The lowest BCUT2D eigenvalue weighted by Gasteiger charge is -2.29. The summed E-state index contributed by atoms with van der Waals surface area (Å²) in [7, 11) is 1.60. The van der Waals surface area contributed by atoms with Crippen LogP contribution in [0.2, 0.25) is 0 Å². The van der Waals surface area contributed by atoms with E-state index in [1.807, 2.05) is 58.9 Å². The first kappa shape index (κ1) is 16.4. The van der Waals surface area contributed by atoms with Crippen molar-refractivity contribution in [3.05, 3.63) is 29.3 Å². The maximum Gasteiger partial charge on any atom is 0.308 e. The van der Waals surface area contributed by atoms with Crippen molar-refractivity contribution >= 4 is 12.0 Å². The van der Waals surface area contributed by atoms with Gasteiger partial charge in [-0.1, -0.05) is 19.9 Å². The first-order chi connectivity index (χ1) is 10.2. The minimum absolute atomic E-state index is 0.157. The molecule has 4 nitrogen and oxygen atoms in total. The topological polar surface area (TPSA) is 44.8 Å². The first-order valence-corrected chi connectivity index (χ1v) is 7.54. The Bertz CT molecular complexity index is 599. The van der Waals surface area contributed by atoms with E-state index < -0.39 is 0 Å². The molecule has 1 heterocycles. The van der Waals surface area contributed by atoms with E-state index in [4.69, 9.17) is 14.2 Å². The summed E-state index contributed by atoms with van der Waals surface area (Å²) in [6.45, 7) is 9.48. The second-order valence-electron chi connectivity index (χ2n) is 6.40. The van der Waals surface area contributed by atoms with E-state index in [2.05, 4.69) is 0 Å². The molecule has 0 saturated heterocycles. The van der Waals surface area contributed by atoms with Gasteiger partial charge in [-0.3, -0.25) is 4.79 Å². The summed E-state index contributed by atoms with van der Waals surface area (Å²) in [6.07, 6.45) is 3.66. The predicted octanol–water partition coefficient (Wildman–Crippen LogP) is 4.14. The number of rotatable bonds is 4. The Morgan fingerprint density at radius 1 is 1.23 bits per heavy atom. The van der Waals surface area contributed by atoms with Gasteiger partial charge >= 0.3 is 5.97 Å². The molecule has 0 N–H and O–H groups in total. The van der Waals surface area contributed by atoms with Crippen molar-refractivity contribution in [3.63, 3.8) is 0 Å². The van der Waals surface area contributed by atoms with Crippen molar-refractivity contribution in [2.75, 3.05) is 7.11 Å². The fraction of sp³-hybridized carbons (Fsp3) is 0.500. The molecule has 2 rings (SSSR count). The third-order valence-electron chi connectivity index (χ3n) is 3.60. The number of carbonyl (C=O) groups is 1. The molecule has 0 saturated carbocycles. The van der Waals surface area contributed by atoms with Crippen LogP contribution in [-0.2, 0) is 9.53 Å². The Morgan fingerprint density at radius 2 is 1.91 bits per heavy atom. The average Bonchev–Trinajstić information content (AvgIpc) is 2.44. The van der Waals surface area contributed by atoms with Gasteiger partial charge in [-0.25, -0.2) is 0 Å². The number of fused-ring (bicyclic) bond motifs is 1. The summed E-state index contributed by atoms with van der Waals surface area (Å²) < 4.78 is 16.9. The molecule has 0 fully saturated rings. The van der Waals surface area contributed by atoms with E-state index in [-0.39, 0.29) is 23.6 Å². The van der Waals surface area contributed by atoms with Crippen LogP contribution in [0.5, 0.6) is 11.5 Å². The van der Waals surface area contributed by atoms with Crippen molar-refractivity contribution in [2.45, 2.75) is 46.3 Å². The van der Waals surface area contributed by atoms with Crippen LogP contribution < -0.4 is 9.47 Å². The van der Waals surface area contributed by atoms with Crippen molar-refractivity contribution in [1.82, 2.24) is 0 Å². The lowest BCUT2D eigenvalue weighted by Crippen LogP contribution is -2.27. The zero-order valence-electron chi connectivity index (χ0n) is 14.1. The molecule has 0 radical (unpaired) electrons. The van der Waals surface area contributed by atoms with E-state index in [1.54, 1.807) is 7.11 Å². The number of ether oxygens (including phenoxy) is 3. The van der Waals surface area contributed by atoms with Crippen molar-refractivity contribution in [2.24, 2.45) is 5.92 Å². The normalized spacial score (nSPS) is 16.7. The smallest absolute Gasteiger partial charge is 0.308 e. The largest absolute Gasteiger partial charge is 0.496 e. The lowest BCUT2D eigenvalue weighted by atomic mass is 9.98. The van der Waals surface area contributed by atoms with Crippen LogP contribution >= 0.6 is 0 Å². The standard InChI is InChI=1S/C18H24O4/c1-11(2)17(19)21-12(3)14-9-13-7-8-18(4,5)22-15(13)10-16(14)20-6/h7-12H,1-6H3. The Labute approximate surface area is 132 Å². The second-order valence-corrected chi connectivity index (χ2v) is 6.40. The van der Waals surface area contributed by atoms with Gasteiger partial charge in [0.2, 0.25) is 0 Å². The van der Waals surface area contributed by atoms with Crippen LogP contribution in [0, 0.1) is 5.92 Å². The van der Waals surface area contributed by atoms with Gasteiger partial charge in [-0.2, -0.15) is 0 Å². The monoisotopic (exact) mass is 304 g/mol. The Morgan fingerprint density at radius 3 is 2.50 bits per heavy atom. The molecule has 0 bridgehead atoms. The maximum absolute atomic E-state index is 11.8. The van der Waals surface area contributed by atoms with E-state index in [0.29, 0.717) is 5.75 Å². The molecule has 1 atom stereocenters. The molecule has 1 aliphatic rings. The Hall–Kier alpha value is -1.97. The van der Waals surface area contributed by atoms with Gasteiger partial charge in [0, 0.05) is 17.2 Å². The van der Waals surface area contributed by atoms with Crippen molar-refractivity contribution in [3.8, 4) is 11.5 Å². The van der Waals surface area contributed by atoms with Gasteiger partial charge in [0.05, 0.1) is 13.0 Å². The zero-order valence-corrected chi connectivity index (χ0v) is 14.1. The highest BCUT2D eigenvalue weighted by Crippen LogP contribution is 2.39. The summed E-state index contributed by atoms with van der Waals surface area (Å²) in [4.78, 5) is 11.8. The van der Waals surface area contributed by atoms with Crippen LogP contribution in [0.15, 0.2) is 18.2 Å². The number of esters is 1. The highest BCUT2D eigenvalue weighted by molar-refractivity contribution is 5.72. The van der Waals surface area contributed by atoms with Crippen LogP contribution in [0.25, 0.3) is 6.08 Å². The third-order valence-corrected chi connectivity index (χ3v) is 3.60. The summed E-state index contributed by atoms with van der Waals surface area (Å²) in [5.41, 5.74) is 1.46. The van der Waals surface area contributed by atoms with Crippen LogP contribution in [-0.4, -0.2) is 18.7 Å². The third kappa shape index (κ3) is 3.43. The van der Waals surface area contributed by atoms with Crippen molar-refractivity contribution < 1.29 is 19.0 Å². The molecule has 0 aliphatic carbocycles. The van der Waals surface area contributed by atoms with Crippen LogP contribution in [0.4, 0.5) is 0 Å². The molecule has 1 aromatic carbocycles. The Balaban J connectivity index is 2.35. The summed E-state index contributed by atoms with van der Waals surface area (Å²) in [5.74, 6) is 1.06. The molecule has 0 amide bonds. The number of benzene rings is 1.